The molecule has 0 aliphatic carbocycles. The Morgan fingerprint density at radius 3 is 2.70 bits per heavy atom. The van der Waals surface area contributed by atoms with E-state index in [0.29, 0.717) is 18.1 Å². The molecule has 3 heterocycles. The van der Waals surface area contributed by atoms with E-state index in [0.717, 1.165) is 49.0 Å². The quantitative estimate of drug-likeness (QED) is 0.466. The SMILES string of the molecule is Nc1ccc(N2CCN(C(=S)N/N=C3/CCOc4cccnc43)CC2)cc1. The van der Waals surface area contributed by atoms with Crippen LogP contribution in [0.3, 0.4) is 0 Å². The van der Waals surface area contributed by atoms with Crippen LogP contribution in [0.4, 0.5) is 11.4 Å². The highest BCUT2D eigenvalue weighted by molar-refractivity contribution is 7.80. The van der Waals surface area contributed by atoms with Crippen molar-refractivity contribution < 1.29 is 4.74 Å². The maximum atomic E-state index is 5.77. The van der Waals surface area contributed by atoms with Gasteiger partial charge in [-0.05, 0) is 48.6 Å². The van der Waals surface area contributed by atoms with Crippen LogP contribution in [0.25, 0.3) is 0 Å². The third kappa shape index (κ3) is 3.95. The number of fused-ring (bicyclic) bond motifs is 1. The summed E-state index contributed by atoms with van der Waals surface area (Å²) in [6.07, 6.45) is 2.46. The van der Waals surface area contributed by atoms with Gasteiger partial charge in [-0.15, -0.1) is 0 Å². The van der Waals surface area contributed by atoms with Gasteiger partial charge in [-0.25, -0.2) is 0 Å². The molecule has 1 saturated heterocycles. The van der Waals surface area contributed by atoms with E-state index in [1.165, 1.54) is 5.69 Å². The number of anilines is 2. The molecule has 0 radical (unpaired) electrons. The summed E-state index contributed by atoms with van der Waals surface area (Å²) in [5, 5.41) is 5.14. The number of nitrogens with two attached hydrogens (primary N) is 1. The molecule has 0 spiro atoms. The summed E-state index contributed by atoms with van der Waals surface area (Å²) in [5.41, 5.74) is 12.4. The summed E-state index contributed by atoms with van der Waals surface area (Å²) in [6, 6.07) is 11.8. The third-order valence-corrected chi connectivity index (χ3v) is 5.10. The van der Waals surface area contributed by atoms with Gasteiger partial charge in [-0.3, -0.25) is 10.4 Å². The Labute approximate surface area is 163 Å². The molecule has 2 aromatic rings. The van der Waals surface area contributed by atoms with Gasteiger partial charge in [0.2, 0.25) is 0 Å². The second-order valence-corrected chi connectivity index (χ2v) is 6.88. The number of hydrogen-bond acceptors (Lipinski definition) is 6. The van der Waals surface area contributed by atoms with Crippen molar-refractivity contribution in [3.63, 3.8) is 0 Å². The number of nitrogen functional groups attached to an aromatic ring is 1. The van der Waals surface area contributed by atoms with E-state index in [4.69, 9.17) is 22.7 Å². The van der Waals surface area contributed by atoms with E-state index in [1.807, 2.05) is 24.3 Å². The predicted molar refractivity (Wildman–Crippen MR) is 111 cm³/mol. The molecular weight excluding hydrogens is 360 g/mol. The lowest BCUT2D eigenvalue weighted by Crippen LogP contribution is -2.51. The summed E-state index contributed by atoms with van der Waals surface area (Å²) in [4.78, 5) is 8.85. The number of benzene rings is 1. The van der Waals surface area contributed by atoms with Crippen LogP contribution in [0.15, 0.2) is 47.7 Å². The molecule has 0 atom stereocenters. The highest BCUT2D eigenvalue weighted by Gasteiger charge is 2.21. The van der Waals surface area contributed by atoms with Crippen molar-refractivity contribution in [2.45, 2.75) is 6.42 Å². The Balaban J connectivity index is 1.34. The zero-order valence-corrected chi connectivity index (χ0v) is 15.8. The molecule has 7 nitrogen and oxygen atoms in total. The number of nitrogens with zero attached hydrogens (tertiary/aromatic N) is 4. The second-order valence-electron chi connectivity index (χ2n) is 6.49. The summed E-state index contributed by atoms with van der Waals surface area (Å²) in [7, 11) is 0. The van der Waals surface area contributed by atoms with Crippen molar-refractivity contribution in [2.24, 2.45) is 5.10 Å². The normalized spacial score (nSPS) is 18.0. The Morgan fingerprint density at radius 2 is 1.93 bits per heavy atom. The molecule has 2 aliphatic heterocycles. The molecule has 0 bridgehead atoms. The summed E-state index contributed by atoms with van der Waals surface area (Å²) >= 11 is 5.53. The Morgan fingerprint density at radius 1 is 1.15 bits per heavy atom. The van der Waals surface area contributed by atoms with Crippen LogP contribution in [0.5, 0.6) is 5.75 Å². The number of ether oxygens (including phenoxy) is 1. The average Bonchev–Trinajstić information content (AvgIpc) is 2.72. The summed E-state index contributed by atoms with van der Waals surface area (Å²) in [6.45, 7) is 4.10. The minimum atomic E-state index is 0.603. The van der Waals surface area contributed by atoms with E-state index < -0.39 is 0 Å². The van der Waals surface area contributed by atoms with Crippen molar-refractivity contribution in [1.82, 2.24) is 15.3 Å². The fourth-order valence-corrected chi connectivity index (χ4v) is 3.48. The molecule has 1 aromatic heterocycles. The number of rotatable bonds is 2. The van der Waals surface area contributed by atoms with E-state index in [2.05, 4.69) is 37.4 Å². The van der Waals surface area contributed by atoms with E-state index in [1.54, 1.807) is 6.20 Å². The standard InChI is InChI=1S/C19H22N6OS/c20-14-3-5-15(6-4-14)24-9-11-25(12-10-24)19(27)23-22-16-7-13-26-17-2-1-8-21-18(16)17/h1-6,8H,7,9-13,20H2,(H,23,27)/b22-16-. The molecule has 1 fully saturated rings. The van der Waals surface area contributed by atoms with Crippen molar-refractivity contribution in [3.05, 3.63) is 48.3 Å². The average molecular weight is 382 g/mol. The third-order valence-electron chi connectivity index (χ3n) is 4.75. The van der Waals surface area contributed by atoms with Crippen molar-refractivity contribution >= 4 is 34.4 Å². The fourth-order valence-electron chi connectivity index (χ4n) is 3.25. The van der Waals surface area contributed by atoms with Gasteiger partial charge in [-0.1, -0.05) is 0 Å². The van der Waals surface area contributed by atoms with E-state index >= 15 is 0 Å². The van der Waals surface area contributed by atoms with Gasteiger partial charge in [0.1, 0.15) is 11.4 Å². The zero-order chi connectivity index (χ0) is 18.6. The number of thiocarbonyl (C=S) groups is 1. The molecule has 140 valence electrons. The maximum Gasteiger partial charge on any atom is 0.189 e. The molecule has 1 aromatic carbocycles. The van der Waals surface area contributed by atoms with Crippen LogP contribution in [-0.2, 0) is 0 Å². The minimum absolute atomic E-state index is 0.603. The summed E-state index contributed by atoms with van der Waals surface area (Å²) in [5.74, 6) is 0.771. The molecule has 27 heavy (non-hydrogen) atoms. The smallest absolute Gasteiger partial charge is 0.189 e. The lowest BCUT2D eigenvalue weighted by molar-refractivity contribution is 0.318. The van der Waals surface area contributed by atoms with Gasteiger partial charge in [0.05, 0.1) is 12.3 Å². The minimum Gasteiger partial charge on any atom is -0.491 e. The van der Waals surface area contributed by atoms with Gasteiger partial charge in [-0.2, -0.15) is 5.10 Å². The van der Waals surface area contributed by atoms with E-state index in [9.17, 15) is 0 Å². The lowest BCUT2D eigenvalue weighted by Gasteiger charge is -2.37. The largest absolute Gasteiger partial charge is 0.491 e. The number of nitrogens with one attached hydrogen (secondary N) is 1. The Hall–Kier alpha value is -2.87. The van der Waals surface area contributed by atoms with Crippen LogP contribution >= 0.6 is 12.2 Å². The van der Waals surface area contributed by atoms with Crippen LogP contribution in [-0.4, -0.2) is 53.5 Å². The number of hydrazone groups is 1. The van der Waals surface area contributed by atoms with Gasteiger partial charge in [0.25, 0.3) is 0 Å². The topological polar surface area (TPSA) is 79.0 Å². The van der Waals surface area contributed by atoms with Crippen molar-refractivity contribution in [2.75, 3.05) is 43.4 Å². The number of pyridine rings is 1. The van der Waals surface area contributed by atoms with Crippen LogP contribution in [0.2, 0.25) is 0 Å². The lowest BCUT2D eigenvalue weighted by atomic mass is 10.1. The van der Waals surface area contributed by atoms with Gasteiger partial charge in [0, 0.05) is 50.2 Å². The molecular formula is C19H22N6OS. The summed E-state index contributed by atoms with van der Waals surface area (Å²) < 4.78 is 5.61. The van der Waals surface area contributed by atoms with Crippen molar-refractivity contribution in [3.8, 4) is 5.75 Å². The number of piperazine rings is 1. The first-order valence-corrected chi connectivity index (χ1v) is 9.42. The van der Waals surface area contributed by atoms with Crippen molar-refractivity contribution in [1.29, 1.82) is 0 Å². The first kappa shape index (κ1) is 17.5. The van der Waals surface area contributed by atoms with E-state index in [-0.39, 0.29) is 0 Å². The van der Waals surface area contributed by atoms with Crippen LogP contribution in [0.1, 0.15) is 12.1 Å². The fraction of sp³-hybridized carbons (Fsp3) is 0.316. The molecule has 0 unspecified atom stereocenters. The first-order valence-electron chi connectivity index (χ1n) is 9.01. The molecule has 8 heteroatoms. The Kier molecular flexibility index (Phi) is 5.06. The number of aromatic nitrogens is 1. The highest BCUT2D eigenvalue weighted by atomic mass is 32.1. The second kappa shape index (κ2) is 7.79. The first-order chi connectivity index (χ1) is 13.2. The zero-order valence-electron chi connectivity index (χ0n) is 15.0. The van der Waals surface area contributed by atoms with Gasteiger partial charge in [0.15, 0.2) is 5.11 Å². The van der Waals surface area contributed by atoms with Crippen LogP contribution < -0.4 is 20.8 Å². The maximum absolute atomic E-state index is 5.77. The molecule has 2 aliphatic rings. The highest BCUT2D eigenvalue weighted by Crippen LogP contribution is 2.22. The van der Waals surface area contributed by atoms with Crippen LogP contribution in [0, 0.1) is 0 Å². The molecule has 0 saturated carbocycles. The molecule has 4 rings (SSSR count). The molecule has 3 N–H and O–H groups in total. The predicted octanol–water partition coefficient (Wildman–Crippen LogP) is 1.85. The van der Waals surface area contributed by atoms with Gasteiger partial charge >= 0.3 is 0 Å². The Bertz CT molecular complexity index is 846. The molecule has 0 amide bonds. The monoisotopic (exact) mass is 382 g/mol. The van der Waals surface area contributed by atoms with Gasteiger partial charge < -0.3 is 20.3 Å². The number of hydrogen-bond donors (Lipinski definition) is 2.